The zero-order chi connectivity index (χ0) is 23.1. The number of hydrogen-bond acceptors (Lipinski definition) is 3. The van der Waals surface area contributed by atoms with Crippen LogP contribution in [0.5, 0.6) is 5.75 Å². The third-order valence-corrected chi connectivity index (χ3v) is 5.92. The lowest BCUT2D eigenvalue weighted by Gasteiger charge is -2.40. The third-order valence-electron chi connectivity index (χ3n) is 5.92. The van der Waals surface area contributed by atoms with Crippen LogP contribution in [-0.4, -0.2) is 43.1 Å². The molecule has 3 rings (SSSR count). The molecule has 32 heavy (non-hydrogen) atoms. The number of carbonyl (C=O) groups excluding carboxylic acids is 2. The number of amides is 3. The molecule has 0 bridgehead atoms. The Hall–Kier alpha value is -3.02. The van der Waals surface area contributed by atoms with Crippen LogP contribution in [0.2, 0.25) is 0 Å². The van der Waals surface area contributed by atoms with Crippen LogP contribution in [0.15, 0.2) is 48.5 Å². The molecule has 6 heteroatoms. The second-order valence-electron chi connectivity index (χ2n) is 8.85. The van der Waals surface area contributed by atoms with Crippen LogP contribution in [0, 0.1) is 12.8 Å². The van der Waals surface area contributed by atoms with E-state index in [1.54, 1.807) is 7.11 Å². The van der Waals surface area contributed by atoms with Gasteiger partial charge in [0.25, 0.3) is 0 Å². The van der Waals surface area contributed by atoms with Gasteiger partial charge in [0.15, 0.2) is 0 Å². The molecule has 0 radical (unpaired) electrons. The predicted molar refractivity (Wildman–Crippen MR) is 127 cm³/mol. The highest BCUT2D eigenvalue weighted by atomic mass is 16.5. The van der Waals surface area contributed by atoms with Crippen LogP contribution < -0.4 is 15.4 Å². The van der Waals surface area contributed by atoms with E-state index in [0.717, 1.165) is 36.1 Å². The Bertz CT molecular complexity index is 911. The quantitative estimate of drug-likeness (QED) is 0.681. The fourth-order valence-corrected chi connectivity index (χ4v) is 4.23. The van der Waals surface area contributed by atoms with E-state index >= 15 is 0 Å². The van der Waals surface area contributed by atoms with Crippen LogP contribution in [-0.2, 0) is 11.2 Å². The van der Waals surface area contributed by atoms with Crippen molar-refractivity contribution in [3.63, 3.8) is 0 Å². The standard InChI is InChI=1S/C26H35N3O3/c1-18(2)28-26(31)29-17-22(10-13-24(29)21-7-5-6-19(3)16-21)25(30)27-15-14-20-8-11-23(32-4)12-9-20/h5-9,11-12,16,18,22,24H,10,13-15,17H2,1-4H3,(H,27,30)(H,28,31)/t22-,24+/m1/s1. The smallest absolute Gasteiger partial charge is 0.318 e. The number of carbonyl (C=O) groups is 2. The van der Waals surface area contributed by atoms with Crippen LogP contribution in [0.3, 0.4) is 0 Å². The first kappa shape index (κ1) is 23.6. The summed E-state index contributed by atoms with van der Waals surface area (Å²) in [6.45, 7) is 6.95. The minimum atomic E-state index is -0.204. The van der Waals surface area contributed by atoms with Crippen molar-refractivity contribution < 1.29 is 14.3 Å². The van der Waals surface area contributed by atoms with E-state index in [1.807, 2.05) is 49.1 Å². The van der Waals surface area contributed by atoms with E-state index in [4.69, 9.17) is 4.74 Å². The van der Waals surface area contributed by atoms with Gasteiger partial charge in [-0.1, -0.05) is 42.0 Å². The van der Waals surface area contributed by atoms with Crippen molar-refractivity contribution in [1.82, 2.24) is 15.5 Å². The van der Waals surface area contributed by atoms with Crippen molar-refractivity contribution in [3.05, 3.63) is 65.2 Å². The van der Waals surface area contributed by atoms with Gasteiger partial charge >= 0.3 is 6.03 Å². The second-order valence-corrected chi connectivity index (χ2v) is 8.85. The summed E-state index contributed by atoms with van der Waals surface area (Å²) in [5.74, 6) is 0.635. The molecule has 0 spiro atoms. The maximum atomic E-state index is 13.0. The number of urea groups is 1. The summed E-state index contributed by atoms with van der Waals surface area (Å²) in [6.07, 6.45) is 2.29. The largest absolute Gasteiger partial charge is 0.497 e. The average molecular weight is 438 g/mol. The first-order valence-corrected chi connectivity index (χ1v) is 11.4. The number of methoxy groups -OCH3 is 1. The minimum absolute atomic E-state index is 0.0167. The van der Waals surface area contributed by atoms with Gasteiger partial charge in [-0.2, -0.15) is 0 Å². The van der Waals surface area contributed by atoms with Crippen molar-refractivity contribution in [3.8, 4) is 5.75 Å². The van der Waals surface area contributed by atoms with E-state index in [-0.39, 0.29) is 29.9 Å². The lowest BCUT2D eigenvalue weighted by atomic mass is 9.88. The lowest BCUT2D eigenvalue weighted by molar-refractivity contribution is -0.126. The molecule has 0 aromatic heterocycles. The molecule has 2 aromatic rings. The van der Waals surface area contributed by atoms with Crippen molar-refractivity contribution in [1.29, 1.82) is 0 Å². The monoisotopic (exact) mass is 437 g/mol. The van der Waals surface area contributed by atoms with Gasteiger partial charge in [0.1, 0.15) is 5.75 Å². The summed E-state index contributed by atoms with van der Waals surface area (Å²) < 4.78 is 5.18. The van der Waals surface area contributed by atoms with Gasteiger partial charge in [-0.15, -0.1) is 0 Å². The topological polar surface area (TPSA) is 70.7 Å². The third kappa shape index (κ3) is 6.25. The molecule has 1 aliphatic heterocycles. The van der Waals surface area contributed by atoms with Crippen molar-refractivity contribution >= 4 is 11.9 Å². The number of nitrogens with one attached hydrogen (secondary N) is 2. The molecule has 6 nitrogen and oxygen atoms in total. The number of nitrogens with zero attached hydrogens (tertiary/aromatic N) is 1. The van der Waals surface area contributed by atoms with E-state index < -0.39 is 0 Å². The highest BCUT2D eigenvalue weighted by Gasteiger charge is 2.35. The van der Waals surface area contributed by atoms with Gasteiger partial charge < -0.3 is 20.3 Å². The van der Waals surface area contributed by atoms with Gasteiger partial charge in [0.05, 0.1) is 19.1 Å². The number of ether oxygens (including phenoxy) is 1. The van der Waals surface area contributed by atoms with Crippen molar-refractivity contribution in [2.24, 2.45) is 5.92 Å². The van der Waals surface area contributed by atoms with Crippen LogP contribution in [0.4, 0.5) is 4.79 Å². The Morgan fingerprint density at radius 2 is 1.88 bits per heavy atom. The molecular formula is C26H35N3O3. The lowest BCUT2D eigenvalue weighted by Crippen LogP contribution is -2.51. The first-order chi connectivity index (χ1) is 15.4. The highest BCUT2D eigenvalue weighted by molar-refractivity contribution is 5.81. The molecule has 1 fully saturated rings. The number of piperidine rings is 1. The Morgan fingerprint density at radius 3 is 2.53 bits per heavy atom. The zero-order valence-corrected chi connectivity index (χ0v) is 19.6. The number of likely N-dealkylation sites (tertiary alicyclic amines) is 1. The van der Waals surface area contributed by atoms with Crippen LogP contribution >= 0.6 is 0 Å². The van der Waals surface area contributed by atoms with Crippen molar-refractivity contribution in [2.75, 3.05) is 20.2 Å². The van der Waals surface area contributed by atoms with Gasteiger partial charge in [-0.3, -0.25) is 4.79 Å². The number of hydrogen-bond donors (Lipinski definition) is 2. The molecule has 1 aliphatic rings. The van der Waals surface area contributed by atoms with Gasteiger partial charge in [-0.05, 0) is 63.3 Å². The first-order valence-electron chi connectivity index (χ1n) is 11.4. The predicted octanol–water partition coefficient (Wildman–Crippen LogP) is 4.23. The van der Waals surface area contributed by atoms with E-state index in [9.17, 15) is 9.59 Å². The Balaban J connectivity index is 1.62. The summed E-state index contributed by atoms with van der Waals surface area (Å²) >= 11 is 0. The summed E-state index contributed by atoms with van der Waals surface area (Å²) in [5, 5.41) is 6.07. The molecule has 2 atom stereocenters. The normalized spacial score (nSPS) is 18.3. The van der Waals surface area contributed by atoms with Crippen molar-refractivity contribution in [2.45, 2.75) is 52.1 Å². The summed E-state index contributed by atoms with van der Waals surface area (Å²) in [6, 6.07) is 16.1. The van der Waals surface area contributed by atoms with E-state index in [1.165, 1.54) is 5.56 Å². The maximum Gasteiger partial charge on any atom is 0.318 e. The number of benzene rings is 2. The summed E-state index contributed by atoms with van der Waals surface area (Å²) in [5.41, 5.74) is 3.44. The average Bonchev–Trinajstić information content (AvgIpc) is 2.78. The zero-order valence-electron chi connectivity index (χ0n) is 19.6. The van der Waals surface area contributed by atoms with Gasteiger partial charge in [-0.25, -0.2) is 4.79 Å². The summed E-state index contributed by atoms with van der Waals surface area (Å²) in [4.78, 5) is 27.7. The molecule has 0 saturated carbocycles. The van der Waals surface area contributed by atoms with Gasteiger partial charge in [0.2, 0.25) is 5.91 Å². The molecule has 2 N–H and O–H groups in total. The SMILES string of the molecule is COc1ccc(CCNC(=O)[C@@H]2CC[C@@H](c3cccc(C)c3)N(C(=O)NC(C)C)C2)cc1. The minimum Gasteiger partial charge on any atom is -0.497 e. The molecule has 2 aromatic carbocycles. The molecule has 3 amide bonds. The van der Waals surface area contributed by atoms with Crippen LogP contribution in [0.25, 0.3) is 0 Å². The second kappa shape index (κ2) is 11.0. The highest BCUT2D eigenvalue weighted by Crippen LogP contribution is 2.34. The Morgan fingerprint density at radius 1 is 1.12 bits per heavy atom. The Labute approximate surface area is 191 Å². The van der Waals surface area contributed by atoms with Gasteiger partial charge in [0, 0.05) is 19.1 Å². The summed E-state index contributed by atoms with van der Waals surface area (Å²) in [7, 11) is 1.65. The molecule has 0 unspecified atom stereocenters. The molecule has 1 saturated heterocycles. The van der Waals surface area contributed by atoms with E-state index in [0.29, 0.717) is 13.1 Å². The number of rotatable bonds is 7. The van der Waals surface area contributed by atoms with E-state index in [2.05, 4.69) is 35.8 Å². The maximum absolute atomic E-state index is 13.0. The van der Waals surface area contributed by atoms with Crippen LogP contribution in [0.1, 0.15) is 49.4 Å². The fourth-order valence-electron chi connectivity index (χ4n) is 4.23. The molecule has 172 valence electrons. The number of aryl methyl sites for hydroxylation is 1. The molecular weight excluding hydrogens is 402 g/mol. The molecule has 1 heterocycles. The fraction of sp³-hybridized carbons (Fsp3) is 0.462. The molecule has 0 aliphatic carbocycles. The Kier molecular flexibility index (Phi) is 8.14.